The Morgan fingerprint density at radius 1 is 1.23 bits per heavy atom. The van der Waals surface area contributed by atoms with Gasteiger partial charge >= 0.3 is 6.18 Å². The smallest absolute Gasteiger partial charge is 0.368 e. The largest absolute Gasteiger partial charge is 0.416 e. The van der Waals surface area contributed by atoms with Gasteiger partial charge in [0, 0.05) is 48.6 Å². The molecule has 9 nitrogen and oxygen atoms in total. The third-order valence-electron chi connectivity index (χ3n) is 8.79. The van der Waals surface area contributed by atoms with E-state index in [0.717, 1.165) is 22.7 Å². The topological polar surface area (TPSA) is 111 Å². The summed E-state index contributed by atoms with van der Waals surface area (Å²) in [7, 11) is 0. The van der Waals surface area contributed by atoms with Gasteiger partial charge in [0.25, 0.3) is 11.5 Å². The minimum absolute atomic E-state index is 0.00647. The molecule has 3 aliphatic rings. The molecular weight excluding hydrogens is 597 g/mol. The SMILES string of the molecule is CCc1c(N2CCNCC2)c(=O)n2nc(C3=CCC4(CC3)CC4(F)F)nc2n1C(C(N)=O)c1ccc(C(F)(F)F)cc1Cl. The van der Waals surface area contributed by atoms with Gasteiger partial charge in [-0.2, -0.15) is 22.7 Å². The Morgan fingerprint density at radius 3 is 2.47 bits per heavy atom. The van der Waals surface area contributed by atoms with E-state index in [1.807, 2.05) is 4.90 Å². The van der Waals surface area contributed by atoms with Crippen molar-refractivity contribution in [2.24, 2.45) is 11.1 Å². The number of nitrogens with zero attached hydrogens (tertiary/aromatic N) is 5. The lowest BCUT2D eigenvalue weighted by molar-refractivity contribution is -0.137. The summed E-state index contributed by atoms with van der Waals surface area (Å²) in [5.41, 5.74) is 4.58. The molecule has 3 N–H and O–H groups in total. The zero-order chi connectivity index (χ0) is 30.9. The summed E-state index contributed by atoms with van der Waals surface area (Å²) in [4.78, 5) is 33.6. The zero-order valence-corrected chi connectivity index (χ0v) is 23.9. The normalized spacial score (nSPS) is 22.6. The van der Waals surface area contributed by atoms with Crippen molar-refractivity contribution in [2.75, 3.05) is 31.1 Å². The van der Waals surface area contributed by atoms with Crippen molar-refractivity contribution in [1.29, 1.82) is 0 Å². The molecule has 2 fully saturated rings. The van der Waals surface area contributed by atoms with Gasteiger partial charge in [0.2, 0.25) is 11.7 Å². The molecule has 230 valence electrons. The summed E-state index contributed by atoms with van der Waals surface area (Å²) in [6.45, 7) is 3.90. The lowest BCUT2D eigenvalue weighted by Crippen LogP contribution is -2.47. The van der Waals surface area contributed by atoms with Crippen LogP contribution in [0.5, 0.6) is 0 Å². The summed E-state index contributed by atoms with van der Waals surface area (Å²) in [5, 5.41) is 7.36. The van der Waals surface area contributed by atoms with Gasteiger partial charge in [-0.05, 0) is 43.4 Å². The molecule has 1 spiro atoms. The first-order valence-corrected chi connectivity index (χ1v) is 14.4. The van der Waals surface area contributed by atoms with Crippen molar-refractivity contribution < 1.29 is 26.7 Å². The molecule has 1 saturated carbocycles. The Labute approximate surface area is 247 Å². The van der Waals surface area contributed by atoms with Gasteiger partial charge in [0.15, 0.2) is 5.82 Å². The van der Waals surface area contributed by atoms with E-state index < -0.39 is 40.6 Å². The number of fused-ring (bicyclic) bond motifs is 1. The first-order chi connectivity index (χ1) is 20.3. The summed E-state index contributed by atoms with van der Waals surface area (Å²) < 4.78 is 70.7. The van der Waals surface area contributed by atoms with Gasteiger partial charge in [-0.25, -0.2) is 8.78 Å². The molecule has 1 aliphatic heterocycles. The molecule has 2 aromatic heterocycles. The maximum Gasteiger partial charge on any atom is 0.416 e. The fourth-order valence-electron chi connectivity index (χ4n) is 6.32. The molecule has 3 heterocycles. The number of nitrogens with two attached hydrogens (primary N) is 1. The quantitative estimate of drug-likeness (QED) is 0.398. The molecule has 0 bridgehead atoms. The molecule has 2 unspecified atom stereocenters. The van der Waals surface area contributed by atoms with E-state index in [0.29, 0.717) is 37.4 Å². The van der Waals surface area contributed by atoms with Gasteiger partial charge < -0.3 is 16.0 Å². The highest BCUT2D eigenvalue weighted by molar-refractivity contribution is 6.31. The van der Waals surface area contributed by atoms with Crippen LogP contribution in [0.3, 0.4) is 0 Å². The van der Waals surface area contributed by atoms with Crippen molar-refractivity contribution in [3.63, 3.8) is 0 Å². The predicted octanol–water partition coefficient (Wildman–Crippen LogP) is 4.20. The molecule has 15 heteroatoms. The average Bonchev–Trinajstić information content (AvgIpc) is 3.26. The standard InChI is InChI=1S/C28H29ClF5N7O2/c1-2-19-21(39-11-9-36-10-12-39)24(43)41-25(37-23(38-41)15-5-7-26(8-6-15)14-27(26,30)31)40(19)20(22(35)42)17-4-3-16(13-18(17)29)28(32,33)34/h3-5,13,20,36H,2,6-12,14H2,1H3,(H2,35,42). The van der Waals surface area contributed by atoms with Crippen LogP contribution in [0.15, 0.2) is 29.1 Å². The second kappa shape index (κ2) is 10.3. The van der Waals surface area contributed by atoms with E-state index in [4.69, 9.17) is 17.3 Å². The molecule has 1 aromatic carbocycles. The van der Waals surface area contributed by atoms with E-state index in [1.165, 1.54) is 4.57 Å². The summed E-state index contributed by atoms with van der Waals surface area (Å²) in [6, 6.07) is 1.18. The van der Waals surface area contributed by atoms with Crippen LogP contribution in [0.1, 0.15) is 61.3 Å². The molecular formula is C28H29ClF5N7O2. The number of allylic oxidation sites excluding steroid dienone is 2. The Morgan fingerprint density at radius 2 is 1.93 bits per heavy atom. The van der Waals surface area contributed by atoms with E-state index in [-0.39, 0.29) is 60.0 Å². The number of halogens is 6. The van der Waals surface area contributed by atoms with Crippen molar-refractivity contribution in [1.82, 2.24) is 24.5 Å². The summed E-state index contributed by atoms with van der Waals surface area (Å²) in [6.07, 6.45) is -2.28. The molecule has 43 heavy (non-hydrogen) atoms. The first kappa shape index (κ1) is 29.5. The first-order valence-electron chi connectivity index (χ1n) is 14.0. The van der Waals surface area contributed by atoms with Crippen LogP contribution < -0.4 is 21.5 Å². The highest BCUT2D eigenvalue weighted by Crippen LogP contribution is 2.67. The highest BCUT2D eigenvalue weighted by atomic mass is 35.5. The molecule has 3 aromatic rings. The van der Waals surface area contributed by atoms with E-state index in [1.54, 1.807) is 13.0 Å². The Hall–Kier alpha value is -3.52. The number of carbonyl (C=O) groups is 1. The average molecular weight is 626 g/mol. The number of hydrogen-bond donors (Lipinski definition) is 2. The van der Waals surface area contributed by atoms with Crippen LogP contribution in [0.4, 0.5) is 27.6 Å². The summed E-state index contributed by atoms with van der Waals surface area (Å²) in [5.74, 6) is -3.57. The number of alkyl halides is 5. The maximum absolute atomic E-state index is 14.0. The van der Waals surface area contributed by atoms with Gasteiger partial charge in [0.1, 0.15) is 11.7 Å². The van der Waals surface area contributed by atoms with Gasteiger partial charge in [0.05, 0.1) is 11.3 Å². The highest BCUT2D eigenvalue weighted by Gasteiger charge is 2.70. The van der Waals surface area contributed by atoms with Crippen molar-refractivity contribution >= 4 is 34.5 Å². The molecule has 1 amide bonds. The van der Waals surface area contributed by atoms with Crippen LogP contribution in [-0.4, -0.2) is 57.2 Å². The van der Waals surface area contributed by atoms with E-state index in [2.05, 4.69) is 15.4 Å². The number of piperazine rings is 1. The summed E-state index contributed by atoms with van der Waals surface area (Å²) >= 11 is 6.36. The number of carbonyl (C=O) groups excluding carboxylic acids is 1. The monoisotopic (exact) mass is 625 g/mol. The molecule has 6 rings (SSSR count). The number of primary amides is 1. The second-order valence-corrected chi connectivity index (χ2v) is 11.7. The molecule has 2 aliphatic carbocycles. The minimum Gasteiger partial charge on any atom is -0.368 e. The predicted molar refractivity (Wildman–Crippen MR) is 149 cm³/mol. The van der Waals surface area contributed by atoms with Crippen LogP contribution in [-0.2, 0) is 17.4 Å². The van der Waals surface area contributed by atoms with Crippen LogP contribution in [0, 0.1) is 5.41 Å². The van der Waals surface area contributed by atoms with E-state index in [9.17, 15) is 31.5 Å². The fourth-order valence-corrected chi connectivity index (χ4v) is 6.61. The minimum atomic E-state index is -4.67. The molecule has 1 saturated heterocycles. The number of anilines is 1. The van der Waals surface area contributed by atoms with Crippen LogP contribution in [0.25, 0.3) is 11.4 Å². The Balaban J connectivity index is 1.57. The third kappa shape index (κ3) is 4.88. The Bertz CT molecular complexity index is 1710. The Kier molecular flexibility index (Phi) is 7.07. The van der Waals surface area contributed by atoms with Gasteiger partial charge in [-0.3, -0.25) is 14.2 Å². The lowest BCUT2D eigenvalue weighted by Gasteiger charge is -2.32. The number of amides is 1. The number of hydrogen-bond acceptors (Lipinski definition) is 6. The van der Waals surface area contributed by atoms with Gasteiger partial charge in [-0.1, -0.05) is 30.7 Å². The third-order valence-corrected chi connectivity index (χ3v) is 9.12. The number of nitrogens with one attached hydrogen (secondary N) is 1. The van der Waals surface area contributed by atoms with Gasteiger partial charge in [-0.15, -0.1) is 5.10 Å². The lowest BCUT2D eigenvalue weighted by atomic mass is 9.86. The van der Waals surface area contributed by atoms with Crippen molar-refractivity contribution in [3.8, 4) is 0 Å². The number of benzene rings is 1. The van der Waals surface area contributed by atoms with E-state index >= 15 is 0 Å². The molecule has 0 radical (unpaired) electrons. The van der Waals surface area contributed by atoms with Crippen molar-refractivity contribution in [2.45, 2.75) is 57.2 Å². The fraction of sp³-hybridized carbons (Fsp3) is 0.500. The number of aromatic nitrogens is 4. The van der Waals surface area contributed by atoms with Crippen LogP contribution in [0.2, 0.25) is 5.02 Å². The second-order valence-electron chi connectivity index (χ2n) is 11.3. The maximum atomic E-state index is 14.0. The molecule has 2 atom stereocenters. The zero-order valence-electron chi connectivity index (χ0n) is 23.1. The van der Waals surface area contributed by atoms with Crippen molar-refractivity contribution in [3.05, 3.63) is 62.3 Å². The van der Waals surface area contributed by atoms with Crippen LogP contribution >= 0.6 is 11.6 Å². The number of rotatable bonds is 6.